The van der Waals surface area contributed by atoms with Gasteiger partial charge < -0.3 is 19.3 Å². The van der Waals surface area contributed by atoms with Gasteiger partial charge in [0, 0.05) is 37.3 Å². The molecule has 1 atom stereocenters. The molecular formula is C26H24FN3O3. The van der Waals surface area contributed by atoms with E-state index in [-0.39, 0.29) is 11.9 Å². The Balaban J connectivity index is 1.46. The minimum absolute atomic E-state index is 0.0849. The third-order valence-electron chi connectivity index (χ3n) is 6.00. The van der Waals surface area contributed by atoms with Gasteiger partial charge in [0.1, 0.15) is 28.8 Å². The Morgan fingerprint density at radius 3 is 2.70 bits per heavy atom. The number of carbonyl (C=O) groups is 1. The first kappa shape index (κ1) is 21.0. The molecule has 6 nitrogen and oxygen atoms in total. The largest absolute Gasteiger partial charge is 0.497 e. The number of aliphatic imine (C=N–C) groups is 1. The van der Waals surface area contributed by atoms with Crippen molar-refractivity contribution in [1.82, 2.24) is 9.80 Å². The van der Waals surface area contributed by atoms with Gasteiger partial charge in [0.2, 0.25) is 0 Å². The zero-order chi connectivity index (χ0) is 22.9. The number of fused-ring (bicyclic) bond motifs is 2. The summed E-state index contributed by atoms with van der Waals surface area (Å²) in [5.74, 6) is 2.27. The van der Waals surface area contributed by atoms with Gasteiger partial charge in [-0.15, -0.1) is 0 Å². The quantitative estimate of drug-likeness (QED) is 0.565. The van der Waals surface area contributed by atoms with Crippen LogP contribution in [0.4, 0.5) is 10.1 Å². The average Bonchev–Trinajstić information content (AvgIpc) is 2.99. The fourth-order valence-electron chi connectivity index (χ4n) is 4.31. The first-order valence-corrected chi connectivity index (χ1v) is 10.9. The molecule has 3 aromatic rings. The highest BCUT2D eigenvalue weighted by Crippen LogP contribution is 2.39. The van der Waals surface area contributed by atoms with Gasteiger partial charge in [-0.2, -0.15) is 0 Å². The van der Waals surface area contributed by atoms with Crippen LogP contribution in [0.25, 0.3) is 0 Å². The second kappa shape index (κ2) is 8.58. The summed E-state index contributed by atoms with van der Waals surface area (Å²) in [7, 11) is 1.62. The Morgan fingerprint density at radius 2 is 1.91 bits per heavy atom. The molecule has 2 aliphatic rings. The maximum atomic E-state index is 13.6. The number of para-hydroxylation sites is 2. The van der Waals surface area contributed by atoms with E-state index in [1.54, 1.807) is 24.1 Å². The number of ether oxygens (including phenoxy) is 2. The number of amidine groups is 1. The SMILES string of the molecule is COc1ccc2c(c1)Oc1ccccc1N=C2N1CCN(C(=O)c2cccc(F)c2)[C@H](C)C1. The molecule has 1 saturated heterocycles. The van der Waals surface area contributed by atoms with Crippen molar-refractivity contribution in [3.63, 3.8) is 0 Å². The summed E-state index contributed by atoms with van der Waals surface area (Å²) < 4.78 is 25.2. The Hall–Kier alpha value is -3.87. The maximum Gasteiger partial charge on any atom is 0.254 e. The highest BCUT2D eigenvalue weighted by molar-refractivity contribution is 6.04. The molecule has 2 heterocycles. The van der Waals surface area contributed by atoms with Gasteiger partial charge in [-0.25, -0.2) is 9.38 Å². The molecule has 0 aromatic heterocycles. The summed E-state index contributed by atoms with van der Waals surface area (Å²) in [5.41, 5.74) is 1.97. The zero-order valence-corrected chi connectivity index (χ0v) is 18.5. The number of rotatable bonds is 2. The standard InChI is InChI=1S/C26H24FN3O3/c1-17-16-29(12-13-30(17)26(31)18-6-5-7-19(27)14-18)25-21-11-10-20(32-2)15-24(21)33-23-9-4-3-8-22(23)28-25/h3-11,14-15,17H,12-13,16H2,1-2H3/t17-/m1/s1. The predicted octanol–water partition coefficient (Wildman–Crippen LogP) is 4.86. The number of carbonyl (C=O) groups excluding carboxylic acids is 1. The first-order chi connectivity index (χ1) is 16.0. The van der Waals surface area contributed by atoms with Crippen LogP contribution in [0.1, 0.15) is 22.8 Å². The lowest BCUT2D eigenvalue weighted by Crippen LogP contribution is -2.55. The Morgan fingerprint density at radius 1 is 1.06 bits per heavy atom. The topological polar surface area (TPSA) is 54.4 Å². The molecule has 0 spiro atoms. The van der Waals surface area contributed by atoms with Crippen molar-refractivity contribution in [2.75, 3.05) is 26.7 Å². The maximum absolute atomic E-state index is 13.6. The molecular weight excluding hydrogens is 421 g/mol. The highest BCUT2D eigenvalue weighted by Gasteiger charge is 2.32. The summed E-state index contributed by atoms with van der Waals surface area (Å²) in [6.07, 6.45) is 0. The predicted molar refractivity (Wildman–Crippen MR) is 124 cm³/mol. The molecule has 0 aliphatic carbocycles. The van der Waals surface area contributed by atoms with E-state index in [0.717, 1.165) is 17.1 Å². The number of benzene rings is 3. The monoisotopic (exact) mass is 445 g/mol. The van der Waals surface area contributed by atoms with E-state index in [4.69, 9.17) is 14.5 Å². The Labute approximate surface area is 191 Å². The van der Waals surface area contributed by atoms with Crippen LogP contribution >= 0.6 is 0 Å². The summed E-state index contributed by atoms with van der Waals surface area (Å²) in [4.78, 5) is 21.9. The molecule has 168 valence electrons. The van der Waals surface area contributed by atoms with E-state index in [2.05, 4.69) is 4.90 Å². The van der Waals surface area contributed by atoms with Gasteiger partial charge in [-0.1, -0.05) is 18.2 Å². The van der Waals surface area contributed by atoms with E-state index < -0.39 is 5.82 Å². The fraction of sp³-hybridized carbons (Fsp3) is 0.231. The molecule has 0 bridgehead atoms. The van der Waals surface area contributed by atoms with Crippen molar-refractivity contribution in [1.29, 1.82) is 0 Å². The lowest BCUT2D eigenvalue weighted by atomic mass is 10.1. The van der Waals surface area contributed by atoms with Gasteiger partial charge in [0.15, 0.2) is 5.75 Å². The summed E-state index contributed by atoms with van der Waals surface area (Å²) in [6.45, 7) is 3.69. The van der Waals surface area contributed by atoms with Crippen LogP contribution in [0.3, 0.4) is 0 Å². The minimum atomic E-state index is -0.411. The number of piperazine rings is 1. The molecule has 7 heteroatoms. The number of halogens is 1. The van der Waals surface area contributed by atoms with Crippen LogP contribution < -0.4 is 9.47 Å². The fourth-order valence-corrected chi connectivity index (χ4v) is 4.31. The van der Waals surface area contributed by atoms with Crippen LogP contribution in [0.15, 0.2) is 71.7 Å². The van der Waals surface area contributed by atoms with Crippen LogP contribution in [0.2, 0.25) is 0 Å². The van der Waals surface area contributed by atoms with Crippen molar-refractivity contribution >= 4 is 17.4 Å². The zero-order valence-electron chi connectivity index (χ0n) is 18.5. The Bertz CT molecular complexity index is 1240. The van der Waals surface area contributed by atoms with E-state index in [1.165, 1.54) is 12.1 Å². The second-order valence-corrected chi connectivity index (χ2v) is 8.17. The van der Waals surface area contributed by atoms with Crippen molar-refractivity contribution in [2.24, 2.45) is 4.99 Å². The molecule has 1 fully saturated rings. The number of methoxy groups -OCH3 is 1. The summed E-state index contributed by atoms with van der Waals surface area (Å²) >= 11 is 0. The summed E-state index contributed by atoms with van der Waals surface area (Å²) in [5, 5.41) is 0. The van der Waals surface area contributed by atoms with Crippen molar-refractivity contribution < 1.29 is 18.7 Å². The van der Waals surface area contributed by atoms with Crippen LogP contribution in [-0.2, 0) is 0 Å². The third kappa shape index (κ3) is 4.02. The number of nitrogens with zero attached hydrogens (tertiary/aromatic N) is 3. The minimum Gasteiger partial charge on any atom is -0.497 e. The van der Waals surface area contributed by atoms with Gasteiger partial charge in [0.25, 0.3) is 5.91 Å². The molecule has 2 aliphatic heterocycles. The van der Waals surface area contributed by atoms with Gasteiger partial charge in [-0.05, 0) is 49.4 Å². The van der Waals surface area contributed by atoms with Gasteiger partial charge in [-0.3, -0.25) is 4.79 Å². The molecule has 33 heavy (non-hydrogen) atoms. The first-order valence-electron chi connectivity index (χ1n) is 10.9. The van der Waals surface area contributed by atoms with Crippen LogP contribution in [-0.4, -0.2) is 54.3 Å². The van der Waals surface area contributed by atoms with Crippen LogP contribution in [0.5, 0.6) is 17.2 Å². The van der Waals surface area contributed by atoms with Crippen molar-refractivity contribution in [2.45, 2.75) is 13.0 Å². The lowest BCUT2D eigenvalue weighted by molar-refractivity contribution is 0.0581. The molecule has 5 rings (SSSR count). The average molecular weight is 445 g/mol. The van der Waals surface area contributed by atoms with Gasteiger partial charge >= 0.3 is 0 Å². The van der Waals surface area contributed by atoms with Crippen molar-refractivity contribution in [3.8, 4) is 17.2 Å². The molecule has 3 aromatic carbocycles. The van der Waals surface area contributed by atoms with E-state index in [9.17, 15) is 9.18 Å². The number of hydrogen-bond acceptors (Lipinski definition) is 5. The van der Waals surface area contributed by atoms with E-state index in [1.807, 2.05) is 49.4 Å². The lowest BCUT2D eigenvalue weighted by Gasteiger charge is -2.41. The molecule has 0 N–H and O–H groups in total. The smallest absolute Gasteiger partial charge is 0.254 e. The highest BCUT2D eigenvalue weighted by atomic mass is 19.1. The van der Waals surface area contributed by atoms with E-state index >= 15 is 0 Å². The molecule has 0 unspecified atom stereocenters. The van der Waals surface area contributed by atoms with Gasteiger partial charge in [0.05, 0.1) is 12.7 Å². The summed E-state index contributed by atoms with van der Waals surface area (Å²) in [6, 6.07) is 19.1. The van der Waals surface area contributed by atoms with E-state index in [0.29, 0.717) is 42.4 Å². The number of hydrogen-bond donors (Lipinski definition) is 0. The second-order valence-electron chi connectivity index (χ2n) is 8.17. The molecule has 0 saturated carbocycles. The normalized spacial score (nSPS) is 17.3. The van der Waals surface area contributed by atoms with Crippen LogP contribution in [0, 0.1) is 5.82 Å². The third-order valence-corrected chi connectivity index (χ3v) is 6.00. The van der Waals surface area contributed by atoms with Crippen molar-refractivity contribution in [3.05, 3.63) is 83.7 Å². The Kier molecular flexibility index (Phi) is 5.46. The molecule has 1 amide bonds. The molecule has 0 radical (unpaired) electrons. The number of amides is 1.